The molecular formula is C34H68O17. The summed E-state index contributed by atoms with van der Waals surface area (Å²) in [4.78, 5) is 0. The van der Waals surface area contributed by atoms with Crippen molar-refractivity contribution in [3.8, 4) is 0 Å². The first-order valence-electron chi connectivity index (χ1n) is 18.3. The van der Waals surface area contributed by atoms with Crippen molar-refractivity contribution in [3.05, 3.63) is 0 Å². The molecule has 17 nitrogen and oxygen atoms in total. The van der Waals surface area contributed by atoms with Gasteiger partial charge in [-0.2, -0.15) is 0 Å². The van der Waals surface area contributed by atoms with E-state index in [1.54, 1.807) is 0 Å². The Morgan fingerprint density at radius 3 is 0.157 bits per heavy atom. The Hall–Kier alpha value is -0.680. The summed E-state index contributed by atoms with van der Waals surface area (Å²) in [6, 6.07) is 0. The van der Waals surface area contributed by atoms with E-state index >= 15 is 0 Å². The molecule has 1 heterocycles. The predicted molar refractivity (Wildman–Crippen MR) is 184 cm³/mol. The van der Waals surface area contributed by atoms with Gasteiger partial charge in [-0.25, -0.2) is 0 Å². The molecule has 0 spiro atoms. The average molecular weight is 749 g/mol. The van der Waals surface area contributed by atoms with Crippen LogP contribution in [0.3, 0.4) is 0 Å². The van der Waals surface area contributed by atoms with Gasteiger partial charge in [-0.05, 0) is 0 Å². The molecule has 0 radical (unpaired) electrons. The molecule has 1 fully saturated rings. The van der Waals surface area contributed by atoms with Gasteiger partial charge in [0, 0.05) is 0 Å². The molecule has 0 aromatic carbocycles. The second-order valence-corrected chi connectivity index (χ2v) is 10.4. The fourth-order valence-corrected chi connectivity index (χ4v) is 3.74. The lowest BCUT2D eigenvalue weighted by Gasteiger charge is -2.09. The zero-order chi connectivity index (χ0) is 36.1. The first-order valence-corrected chi connectivity index (χ1v) is 18.3. The highest BCUT2D eigenvalue weighted by molar-refractivity contribution is 4.41. The summed E-state index contributed by atoms with van der Waals surface area (Å²) in [7, 11) is 0. The second kappa shape index (κ2) is 45.5. The monoisotopic (exact) mass is 748 g/mol. The Kier molecular flexibility index (Phi) is 43.1. The van der Waals surface area contributed by atoms with Gasteiger partial charge in [0.1, 0.15) is 0 Å². The van der Waals surface area contributed by atoms with E-state index in [2.05, 4.69) is 0 Å². The minimum Gasteiger partial charge on any atom is -0.377 e. The van der Waals surface area contributed by atoms with Crippen molar-refractivity contribution in [2.75, 3.05) is 225 Å². The minimum atomic E-state index is 0.504. The summed E-state index contributed by atoms with van der Waals surface area (Å²) < 4.78 is 93.4. The molecule has 1 rings (SSSR count). The highest BCUT2D eigenvalue weighted by atomic mass is 16.6. The van der Waals surface area contributed by atoms with Crippen molar-refractivity contribution in [1.82, 2.24) is 0 Å². The average Bonchev–Trinajstić information content (AvgIpc) is 3.14. The molecule has 0 aromatic heterocycles. The van der Waals surface area contributed by atoms with Gasteiger partial charge < -0.3 is 80.5 Å². The third-order valence-electron chi connectivity index (χ3n) is 6.32. The number of hydrogen-bond donors (Lipinski definition) is 0. The molecule has 306 valence electrons. The van der Waals surface area contributed by atoms with Crippen LogP contribution in [0, 0.1) is 0 Å². The van der Waals surface area contributed by atoms with Gasteiger partial charge in [0.2, 0.25) is 0 Å². The van der Waals surface area contributed by atoms with Crippen LogP contribution in [0.4, 0.5) is 0 Å². The summed E-state index contributed by atoms with van der Waals surface area (Å²) in [6.07, 6.45) is 0. The summed E-state index contributed by atoms with van der Waals surface area (Å²) in [5.74, 6) is 0. The highest BCUT2D eigenvalue weighted by Gasteiger charge is 1.98. The number of ether oxygens (including phenoxy) is 17. The van der Waals surface area contributed by atoms with Gasteiger partial charge in [0.25, 0.3) is 0 Å². The van der Waals surface area contributed by atoms with Gasteiger partial charge >= 0.3 is 0 Å². The van der Waals surface area contributed by atoms with Gasteiger partial charge in [0.05, 0.1) is 225 Å². The third-order valence-corrected chi connectivity index (χ3v) is 6.32. The molecule has 17 heteroatoms. The van der Waals surface area contributed by atoms with Crippen LogP contribution in [0.25, 0.3) is 0 Å². The smallest absolute Gasteiger partial charge is 0.0701 e. The van der Waals surface area contributed by atoms with E-state index in [1.807, 2.05) is 0 Å². The lowest BCUT2D eigenvalue weighted by atomic mass is 10.6. The normalized spacial score (nSPS) is 24.0. The standard InChI is InChI=1S/C34H68O17/c1-2-36-5-6-38-9-10-40-13-14-42-17-18-44-21-22-46-25-26-48-29-30-50-33-34-51-32-31-49-28-27-47-24-23-45-20-19-43-16-15-41-12-11-39-8-7-37-4-3-35-1/h1-34H2. The van der Waals surface area contributed by atoms with E-state index in [-0.39, 0.29) is 0 Å². The summed E-state index contributed by atoms with van der Waals surface area (Å²) >= 11 is 0. The van der Waals surface area contributed by atoms with E-state index in [4.69, 9.17) is 80.5 Å². The van der Waals surface area contributed by atoms with Crippen LogP contribution in [0.15, 0.2) is 0 Å². The van der Waals surface area contributed by atoms with E-state index in [0.717, 1.165) is 0 Å². The van der Waals surface area contributed by atoms with Crippen molar-refractivity contribution >= 4 is 0 Å². The highest BCUT2D eigenvalue weighted by Crippen LogP contribution is 1.89. The summed E-state index contributed by atoms with van der Waals surface area (Å²) in [6.45, 7) is 17.1. The maximum atomic E-state index is 5.49. The Morgan fingerprint density at radius 1 is 0.0784 bits per heavy atom. The Labute approximate surface area is 305 Å². The molecule has 0 aliphatic carbocycles. The molecule has 0 unspecified atom stereocenters. The molecule has 51 heavy (non-hydrogen) atoms. The first-order chi connectivity index (χ1) is 25.5. The third kappa shape index (κ3) is 43.6. The van der Waals surface area contributed by atoms with E-state index in [1.165, 1.54) is 0 Å². The summed E-state index contributed by atoms with van der Waals surface area (Å²) in [5, 5.41) is 0. The molecule has 0 amide bonds. The summed E-state index contributed by atoms with van der Waals surface area (Å²) in [5.41, 5.74) is 0. The van der Waals surface area contributed by atoms with Crippen molar-refractivity contribution in [2.24, 2.45) is 0 Å². The lowest BCUT2D eigenvalue weighted by Crippen LogP contribution is -2.16. The van der Waals surface area contributed by atoms with Crippen LogP contribution >= 0.6 is 0 Å². The van der Waals surface area contributed by atoms with Crippen LogP contribution in [0.2, 0.25) is 0 Å². The Balaban J connectivity index is 2.00. The number of hydrogen-bond acceptors (Lipinski definition) is 17. The maximum Gasteiger partial charge on any atom is 0.0701 e. The largest absolute Gasteiger partial charge is 0.377 e. The van der Waals surface area contributed by atoms with Crippen LogP contribution < -0.4 is 0 Å². The van der Waals surface area contributed by atoms with E-state index in [0.29, 0.717) is 225 Å². The fraction of sp³-hybridized carbons (Fsp3) is 1.00. The van der Waals surface area contributed by atoms with Crippen LogP contribution in [0.5, 0.6) is 0 Å². The first kappa shape index (κ1) is 48.3. The fourth-order valence-electron chi connectivity index (χ4n) is 3.74. The molecule has 1 aliphatic heterocycles. The van der Waals surface area contributed by atoms with Gasteiger partial charge in [-0.1, -0.05) is 0 Å². The molecule has 0 atom stereocenters. The molecule has 1 saturated heterocycles. The quantitative estimate of drug-likeness (QED) is 0.333. The zero-order valence-electron chi connectivity index (χ0n) is 31.0. The van der Waals surface area contributed by atoms with E-state index < -0.39 is 0 Å². The van der Waals surface area contributed by atoms with Crippen molar-refractivity contribution in [1.29, 1.82) is 0 Å². The molecule has 0 saturated carbocycles. The van der Waals surface area contributed by atoms with Crippen molar-refractivity contribution in [3.63, 3.8) is 0 Å². The van der Waals surface area contributed by atoms with Gasteiger partial charge in [-0.3, -0.25) is 0 Å². The topological polar surface area (TPSA) is 157 Å². The molecular weight excluding hydrogens is 680 g/mol. The minimum absolute atomic E-state index is 0.504. The van der Waals surface area contributed by atoms with Crippen molar-refractivity contribution < 1.29 is 80.5 Å². The SMILES string of the molecule is C1COCCOCCOCCOCCOCCOCCOCCOCCOCCOCCOCCOCCOCCOCCOCCOCCO1. The second-order valence-electron chi connectivity index (χ2n) is 10.4. The van der Waals surface area contributed by atoms with E-state index in [9.17, 15) is 0 Å². The lowest BCUT2D eigenvalue weighted by molar-refractivity contribution is -0.0303. The maximum absolute atomic E-state index is 5.49. The Bertz CT molecular complexity index is 336. The van der Waals surface area contributed by atoms with Crippen LogP contribution in [-0.2, 0) is 80.5 Å². The van der Waals surface area contributed by atoms with Crippen molar-refractivity contribution in [2.45, 2.75) is 0 Å². The number of rotatable bonds is 0. The van der Waals surface area contributed by atoms with Crippen LogP contribution in [0.1, 0.15) is 0 Å². The predicted octanol–water partition coefficient (Wildman–Crippen LogP) is 0.282. The molecule has 0 bridgehead atoms. The zero-order valence-corrected chi connectivity index (χ0v) is 31.0. The Morgan fingerprint density at radius 2 is 0.118 bits per heavy atom. The molecule has 1 aliphatic rings. The van der Waals surface area contributed by atoms with Gasteiger partial charge in [-0.15, -0.1) is 0 Å². The molecule has 0 aromatic rings. The van der Waals surface area contributed by atoms with Crippen LogP contribution in [-0.4, -0.2) is 225 Å². The van der Waals surface area contributed by atoms with Gasteiger partial charge in [0.15, 0.2) is 0 Å². The molecule has 0 N–H and O–H groups in total.